The van der Waals surface area contributed by atoms with E-state index in [4.69, 9.17) is 0 Å². The summed E-state index contributed by atoms with van der Waals surface area (Å²) in [6, 6.07) is -2.09. The lowest BCUT2D eigenvalue weighted by molar-refractivity contribution is -0.955. The fourth-order valence-electron chi connectivity index (χ4n) is 2.07. The normalized spacial score (nSPS) is 14.8. The molecule has 18 heteroatoms. The zero-order valence-electron chi connectivity index (χ0n) is 13.5. The monoisotopic (exact) mass is 471 g/mol. The average molecular weight is 471 g/mol. The first kappa shape index (κ1) is 26.0. The molecule has 174 valence electrons. The molecule has 0 radical (unpaired) electrons. The fraction of sp³-hybridized carbons (Fsp3) is 0.500. The molecule has 0 bridgehead atoms. The molecule has 0 spiro atoms. The number of rotatable bonds is 5. The first-order chi connectivity index (χ1) is 13.0. The van der Waals surface area contributed by atoms with Crippen molar-refractivity contribution < 1.29 is 67.4 Å². The second-order valence-electron chi connectivity index (χ2n) is 5.36. The lowest BCUT2D eigenvalue weighted by Crippen LogP contribution is -2.57. The standard InChI is InChI=1S/C12H5F12NO5/c13-8(14,15)4-29-9(11(19,20)21,12(22,23)24)5-1-6(10(16,17)18)3-7(2-5)30-25(26,27)28/h1-3H,4H2/q-2. The van der Waals surface area contributed by atoms with Crippen LogP contribution in [0.5, 0.6) is 5.75 Å². The van der Waals surface area contributed by atoms with Crippen LogP contribution in [0.25, 0.3) is 0 Å². The van der Waals surface area contributed by atoms with Crippen LogP contribution in [0.15, 0.2) is 18.2 Å². The highest BCUT2D eigenvalue weighted by atomic mass is 19.4. The van der Waals surface area contributed by atoms with E-state index in [-0.39, 0.29) is 0 Å². The second-order valence-corrected chi connectivity index (χ2v) is 5.36. The van der Waals surface area contributed by atoms with Crippen LogP contribution in [0.3, 0.4) is 0 Å². The van der Waals surface area contributed by atoms with E-state index in [9.17, 15) is 68.3 Å². The Morgan fingerprint density at radius 1 is 0.700 bits per heavy atom. The van der Waals surface area contributed by atoms with Crippen molar-refractivity contribution in [2.24, 2.45) is 0 Å². The van der Waals surface area contributed by atoms with Crippen LogP contribution >= 0.6 is 0 Å². The number of nitrogens with zero attached hydrogens (tertiary/aromatic N) is 1. The van der Waals surface area contributed by atoms with Gasteiger partial charge in [0, 0.05) is 5.56 Å². The SMILES string of the molecule is [O-][N+]([O-])([O-])Oc1cc(C(F)(F)F)cc(C(OCC(F)(F)F)(C(F)(F)F)C(F)(F)F)c1. The molecular weight excluding hydrogens is 466 g/mol. The van der Waals surface area contributed by atoms with Crippen LogP contribution in [0.2, 0.25) is 0 Å². The molecule has 1 aromatic carbocycles. The zero-order chi connectivity index (χ0) is 24.0. The highest BCUT2D eigenvalue weighted by Crippen LogP contribution is 2.54. The van der Waals surface area contributed by atoms with Gasteiger partial charge >= 0.3 is 24.7 Å². The van der Waals surface area contributed by atoms with E-state index < -0.39 is 77.1 Å². The molecule has 0 aliphatic carbocycles. The Kier molecular flexibility index (Phi) is 6.58. The largest absolute Gasteiger partial charge is 0.587 e. The van der Waals surface area contributed by atoms with E-state index in [1.165, 1.54) is 0 Å². The maximum Gasteiger partial charge on any atom is 0.430 e. The molecule has 1 aromatic rings. The third-order valence-corrected chi connectivity index (χ3v) is 3.11. The molecule has 0 heterocycles. The van der Waals surface area contributed by atoms with Gasteiger partial charge in [-0.25, -0.2) is 5.14 Å². The van der Waals surface area contributed by atoms with Crippen LogP contribution < -0.4 is 4.84 Å². The molecule has 0 amide bonds. The van der Waals surface area contributed by atoms with Gasteiger partial charge in [0.05, 0.1) is 5.56 Å². The van der Waals surface area contributed by atoms with Crippen molar-refractivity contribution >= 4 is 0 Å². The molecule has 0 fully saturated rings. The summed E-state index contributed by atoms with van der Waals surface area (Å²) in [6.07, 6.45) is -25.3. The summed E-state index contributed by atoms with van der Waals surface area (Å²) in [5, 5.41) is 26.6. The van der Waals surface area contributed by atoms with E-state index in [2.05, 4.69) is 9.57 Å². The molecule has 6 nitrogen and oxygen atoms in total. The molecule has 0 atom stereocenters. The van der Waals surface area contributed by atoms with Gasteiger partial charge in [-0.1, -0.05) is 0 Å². The molecule has 0 aliphatic heterocycles. The van der Waals surface area contributed by atoms with E-state index >= 15 is 0 Å². The van der Waals surface area contributed by atoms with E-state index in [1.807, 2.05) is 0 Å². The molecular formula is C12H5F12NO5-2. The second kappa shape index (κ2) is 7.59. The smallest absolute Gasteiger partial charge is 0.430 e. The first-order valence-corrected chi connectivity index (χ1v) is 6.78. The predicted molar refractivity (Wildman–Crippen MR) is 68.2 cm³/mol. The molecule has 1 rings (SSSR count). The van der Waals surface area contributed by atoms with Gasteiger partial charge in [-0.2, -0.15) is 52.7 Å². The minimum atomic E-state index is -6.85. The summed E-state index contributed by atoms with van der Waals surface area (Å²) in [5.41, 5.74) is -11.1. The van der Waals surface area contributed by atoms with Crippen molar-refractivity contribution in [2.45, 2.75) is 30.3 Å². The third-order valence-electron chi connectivity index (χ3n) is 3.11. The third kappa shape index (κ3) is 6.00. The Morgan fingerprint density at radius 3 is 1.47 bits per heavy atom. The Balaban J connectivity index is 3.91. The van der Waals surface area contributed by atoms with E-state index in [0.29, 0.717) is 0 Å². The Hall–Kier alpha value is -2.02. The molecule has 0 aromatic heterocycles. The quantitative estimate of drug-likeness (QED) is 0.335. The van der Waals surface area contributed by atoms with Crippen LogP contribution in [0.1, 0.15) is 11.1 Å². The number of halogens is 12. The summed E-state index contributed by atoms with van der Waals surface area (Å²) >= 11 is 0. The van der Waals surface area contributed by atoms with E-state index in [0.717, 1.165) is 0 Å². The van der Waals surface area contributed by atoms with Crippen LogP contribution in [-0.2, 0) is 16.5 Å². The van der Waals surface area contributed by atoms with Gasteiger partial charge in [0.15, 0.2) is 5.75 Å². The summed E-state index contributed by atoms with van der Waals surface area (Å²) < 4.78 is 158. The number of hydrogen-bond donors (Lipinski definition) is 0. The van der Waals surface area contributed by atoms with Gasteiger partial charge in [0.25, 0.3) is 5.60 Å². The topological polar surface area (TPSA) is 87.6 Å². The van der Waals surface area contributed by atoms with Gasteiger partial charge < -0.3 is 25.2 Å². The van der Waals surface area contributed by atoms with Crippen LogP contribution in [-0.4, -0.2) is 30.3 Å². The maximum absolute atomic E-state index is 13.3. The lowest BCUT2D eigenvalue weighted by Gasteiger charge is -2.46. The molecule has 0 N–H and O–H groups in total. The number of benzene rings is 1. The van der Waals surface area contributed by atoms with Crippen LogP contribution in [0.4, 0.5) is 52.7 Å². The highest BCUT2D eigenvalue weighted by Gasteiger charge is 2.74. The summed E-state index contributed by atoms with van der Waals surface area (Å²) in [5.74, 6) is -2.05. The summed E-state index contributed by atoms with van der Waals surface area (Å²) in [6.45, 7) is -3.22. The molecule has 0 saturated heterocycles. The van der Waals surface area contributed by atoms with Crippen molar-refractivity contribution in [3.63, 3.8) is 0 Å². The molecule has 0 saturated carbocycles. The lowest BCUT2D eigenvalue weighted by atomic mass is 9.90. The van der Waals surface area contributed by atoms with Crippen molar-refractivity contribution in [3.8, 4) is 5.75 Å². The summed E-state index contributed by atoms with van der Waals surface area (Å²) in [4.78, 5) is 3.20. The summed E-state index contributed by atoms with van der Waals surface area (Å²) in [7, 11) is 0. The fourth-order valence-corrected chi connectivity index (χ4v) is 2.07. The number of ether oxygens (including phenoxy) is 1. The predicted octanol–water partition coefficient (Wildman–Crippen LogP) is 5.21. The van der Waals surface area contributed by atoms with Crippen LogP contribution in [0, 0.1) is 15.6 Å². The molecule has 30 heavy (non-hydrogen) atoms. The zero-order valence-corrected chi connectivity index (χ0v) is 13.5. The first-order valence-electron chi connectivity index (χ1n) is 6.78. The van der Waals surface area contributed by atoms with Crippen molar-refractivity contribution in [3.05, 3.63) is 44.9 Å². The average Bonchev–Trinajstić information content (AvgIpc) is 2.40. The number of quaternary nitrogens is 1. The van der Waals surface area contributed by atoms with Gasteiger partial charge in [-0.3, -0.25) is 0 Å². The Labute approximate surface area is 156 Å². The van der Waals surface area contributed by atoms with Gasteiger partial charge in [0.1, 0.15) is 6.61 Å². The van der Waals surface area contributed by atoms with Gasteiger partial charge in [0.2, 0.25) is 0 Å². The van der Waals surface area contributed by atoms with E-state index in [1.54, 1.807) is 0 Å². The molecule has 0 aliphatic rings. The Bertz CT molecular complexity index is 732. The highest BCUT2D eigenvalue weighted by molar-refractivity contribution is 5.40. The molecule has 0 unspecified atom stereocenters. The Morgan fingerprint density at radius 2 is 1.13 bits per heavy atom. The number of hydrogen-bond acceptors (Lipinski definition) is 5. The van der Waals surface area contributed by atoms with Crippen molar-refractivity contribution in [1.82, 2.24) is 0 Å². The van der Waals surface area contributed by atoms with Gasteiger partial charge in [-0.05, 0) is 18.2 Å². The minimum absolute atomic E-state index is 0.495. The van der Waals surface area contributed by atoms with Crippen molar-refractivity contribution in [2.75, 3.05) is 6.61 Å². The number of alkyl halides is 12. The maximum atomic E-state index is 13.3. The van der Waals surface area contributed by atoms with Gasteiger partial charge in [-0.15, -0.1) is 0 Å². The minimum Gasteiger partial charge on any atom is -0.587 e. The van der Waals surface area contributed by atoms with Crippen molar-refractivity contribution in [1.29, 1.82) is 0 Å².